The number of hydrogen-bond donors (Lipinski definition) is 2. The van der Waals surface area contributed by atoms with Crippen molar-refractivity contribution in [2.45, 2.75) is 0 Å². The minimum Gasteiger partial charge on any atom is -0.387 e. The lowest BCUT2D eigenvalue weighted by Gasteiger charge is -2.08. The summed E-state index contributed by atoms with van der Waals surface area (Å²) in [6, 6.07) is 14.2. The molecule has 3 rings (SSSR count). The van der Waals surface area contributed by atoms with E-state index in [1.807, 2.05) is 12.1 Å². The Balaban J connectivity index is 2.21. The molecule has 2 aromatic carbocycles. The first-order valence-corrected chi connectivity index (χ1v) is 6.23. The fourth-order valence-electron chi connectivity index (χ4n) is 2.25. The summed E-state index contributed by atoms with van der Waals surface area (Å²) in [4.78, 5) is 24.5. The lowest BCUT2D eigenvalue weighted by atomic mass is 10.1. The SMILES string of the molecule is CNc1ccccc1C(=O)n1[nH]c(=O)c2ccccc21. The first-order chi connectivity index (χ1) is 9.72. The van der Waals surface area contributed by atoms with Crippen LogP contribution in [0.15, 0.2) is 53.3 Å². The zero-order valence-corrected chi connectivity index (χ0v) is 10.9. The minimum absolute atomic E-state index is 0.268. The van der Waals surface area contributed by atoms with Gasteiger partial charge in [-0.3, -0.25) is 14.7 Å². The smallest absolute Gasteiger partial charge is 0.279 e. The van der Waals surface area contributed by atoms with Crippen LogP contribution < -0.4 is 10.9 Å². The largest absolute Gasteiger partial charge is 0.387 e. The molecular weight excluding hydrogens is 254 g/mol. The molecule has 3 aromatic rings. The Morgan fingerprint density at radius 2 is 1.80 bits per heavy atom. The van der Waals surface area contributed by atoms with Crippen LogP contribution in [0.25, 0.3) is 10.9 Å². The lowest BCUT2D eigenvalue weighted by molar-refractivity contribution is 0.0950. The highest BCUT2D eigenvalue weighted by molar-refractivity contribution is 6.04. The summed E-state index contributed by atoms with van der Waals surface area (Å²) < 4.78 is 1.29. The molecule has 20 heavy (non-hydrogen) atoms. The van der Waals surface area contributed by atoms with Gasteiger partial charge in [0.2, 0.25) is 0 Å². The maximum atomic E-state index is 12.6. The predicted octanol–water partition coefficient (Wildman–Crippen LogP) is 2.06. The summed E-state index contributed by atoms with van der Waals surface area (Å²) in [5, 5.41) is 6.06. The van der Waals surface area contributed by atoms with Gasteiger partial charge in [0.1, 0.15) is 0 Å². The number of carbonyl (C=O) groups excluding carboxylic acids is 1. The van der Waals surface area contributed by atoms with Crippen LogP contribution in [0.2, 0.25) is 0 Å². The van der Waals surface area contributed by atoms with Crippen molar-refractivity contribution in [1.82, 2.24) is 9.78 Å². The number of carbonyl (C=O) groups is 1. The van der Waals surface area contributed by atoms with E-state index in [2.05, 4.69) is 10.4 Å². The van der Waals surface area contributed by atoms with Crippen molar-refractivity contribution in [3.05, 3.63) is 64.4 Å². The first kappa shape index (κ1) is 12.2. The number of benzene rings is 2. The van der Waals surface area contributed by atoms with Crippen LogP contribution in [-0.2, 0) is 0 Å². The molecular formula is C15H13N3O2. The summed E-state index contributed by atoms with van der Waals surface area (Å²) in [5.41, 5.74) is 1.53. The number of aromatic amines is 1. The molecule has 1 aromatic heterocycles. The highest BCUT2D eigenvalue weighted by Crippen LogP contribution is 2.17. The Kier molecular flexibility index (Phi) is 2.87. The van der Waals surface area contributed by atoms with Crippen molar-refractivity contribution < 1.29 is 4.79 Å². The molecule has 0 bridgehead atoms. The summed E-state index contributed by atoms with van der Waals surface area (Å²) >= 11 is 0. The number of hydrogen-bond acceptors (Lipinski definition) is 3. The molecule has 0 aliphatic heterocycles. The molecule has 0 aliphatic rings. The zero-order valence-electron chi connectivity index (χ0n) is 10.9. The van der Waals surface area contributed by atoms with E-state index >= 15 is 0 Å². The molecule has 0 radical (unpaired) electrons. The molecule has 0 unspecified atom stereocenters. The van der Waals surface area contributed by atoms with Crippen LogP contribution in [0, 0.1) is 0 Å². The number of nitrogens with zero attached hydrogens (tertiary/aromatic N) is 1. The fourth-order valence-corrected chi connectivity index (χ4v) is 2.25. The van der Waals surface area contributed by atoms with Crippen LogP contribution in [-0.4, -0.2) is 22.7 Å². The van der Waals surface area contributed by atoms with Crippen LogP contribution in [0.3, 0.4) is 0 Å². The van der Waals surface area contributed by atoms with Gasteiger partial charge < -0.3 is 5.32 Å². The van der Waals surface area contributed by atoms with Crippen LogP contribution >= 0.6 is 0 Å². The van der Waals surface area contributed by atoms with Crippen LogP contribution in [0.5, 0.6) is 0 Å². The second-order valence-corrected chi connectivity index (χ2v) is 4.39. The Bertz CT molecular complexity index is 845. The Morgan fingerprint density at radius 3 is 2.60 bits per heavy atom. The van der Waals surface area contributed by atoms with Gasteiger partial charge in [-0.05, 0) is 24.3 Å². The van der Waals surface area contributed by atoms with Gasteiger partial charge in [-0.1, -0.05) is 24.3 Å². The Hall–Kier alpha value is -2.82. The van der Waals surface area contributed by atoms with Gasteiger partial charge in [0.25, 0.3) is 11.5 Å². The quantitative estimate of drug-likeness (QED) is 0.747. The molecule has 0 amide bonds. The number of nitrogens with one attached hydrogen (secondary N) is 2. The molecule has 0 fully saturated rings. The average molecular weight is 267 g/mol. The molecule has 0 saturated carbocycles. The molecule has 5 nitrogen and oxygen atoms in total. The maximum absolute atomic E-state index is 12.6. The predicted molar refractivity (Wildman–Crippen MR) is 78.3 cm³/mol. The third-order valence-electron chi connectivity index (χ3n) is 3.23. The van der Waals surface area contributed by atoms with Crippen LogP contribution in [0.4, 0.5) is 5.69 Å². The molecule has 0 spiro atoms. The van der Waals surface area contributed by atoms with Crippen LogP contribution in [0.1, 0.15) is 10.4 Å². The van der Waals surface area contributed by atoms with Crippen molar-refractivity contribution in [2.24, 2.45) is 0 Å². The van der Waals surface area contributed by atoms with Gasteiger partial charge >= 0.3 is 0 Å². The highest BCUT2D eigenvalue weighted by atomic mass is 16.2. The minimum atomic E-state index is -0.270. The summed E-state index contributed by atoms with van der Waals surface area (Å²) in [6.45, 7) is 0. The number of anilines is 1. The fraction of sp³-hybridized carbons (Fsp3) is 0.0667. The van der Waals surface area contributed by atoms with E-state index in [9.17, 15) is 9.59 Å². The summed E-state index contributed by atoms with van der Waals surface area (Å²) in [7, 11) is 1.75. The molecule has 1 heterocycles. The average Bonchev–Trinajstić information content (AvgIpc) is 2.84. The third kappa shape index (κ3) is 1.80. The van der Waals surface area contributed by atoms with E-state index < -0.39 is 0 Å². The molecule has 0 saturated heterocycles. The number of fused-ring (bicyclic) bond motifs is 1. The van der Waals surface area contributed by atoms with Gasteiger partial charge in [-0.2, -0.15) is 0 Å². The van der Waals surface area contributed by atoms with E-state index in [1.165, 1.54) is 4.68 Å². The van der Waals surface area contributed by atoms with Crippen molar-refractivity contribution in [1.29, 1.82) is 0 Å². The topological polar surface area (TPSA) is 66.9 Å². The molecule has 5 heteroatoms. The van der Waals surface area contributed by atoms with Crippen molar-refractivity contribution >= 4 is 22.5 Å². The third-order valence-corrected chi connectivity index (χ3v) is 3.23. The number of rotatable bonds is 2. The van der Waals surface area contributed by atoms with E-state index in [0.717, 1.165) is 5.69 Å². The van der Waals surface area contributed by atoms with E-state index in [0.29, 0.717) is 16.5 Å². The molecule has 0 atom stereocenters. The van der Waals surface area contributed by atoms with Crippen molar-refractivity contribution in [3.8, 4) is 0 Å². The summed E-state index contributed by atoms with van der Waals surface area (Å²) in [6.07, 6.45) is 0. The number of para-hydroxylation sites is 2. The van der Waals surface area contributed by atoms with Gasteiger partial charge in [0.05, 0.1) is 16.5 Å². The van der Waals surface area contributed by atoms with Crippen molar-refractivity contribution in [2.75, 3.05) is 12.4 Å². The van der Waals surface area contributed by atoms with E-state index in [-0.39, 0.29) is 11.5 Å². The van der Waals surface area contributed by atoms with Gasteiger partial charge in [-0.25, -0.2) is 4.68 Å². The molecule has 100 valence electrons. The molecule has 0 aliphatic carbocycles. The highest BCUT2D eigenvalue weighted by Gasteiger charge is 2.16. The lowest BCUT2D eigenvalue weighted by Crippen LogP contribution is -2.17. The summed E-state index contributed by atoms with van der Waals surface area (Å²) in [5.74, 6) is -0.270. The van der Waals surface area contributed by atoms with E-state index in [1.54, 1.807) is 43.4 Å². The Morgan fingerprint density at radius 1 is 1.10 bits per heavy atom. The van der Waals surface area contributed by atoms with E-state index in [4.69, 9.17) is 0 Å². The van der Waals surface area contributed by atoms with Gasteiger partial charge in [0, 0.05) is 12.7 Å². The standard InChI is InChI=1S/C15H13N3O2/c1-16-12-8-4-2-6-10(12)15(20)18-13-9-5-3-7-11(13)14(19)17-18/h2-9,16H,1H3,(H,17,19). The monoisotopic (exact) mass is 267 g/mol. The van der Waals surface area contributed by atoms with Gasteiger partial charge in [0.15, 0.2) is 0 Å². The number of aromatic nitrogens is 2. The second kappa shape index (κ2) is 4.70. The first-order valence-electron chi connectivity index (χ1n) is 6.23. The number of H-pyrrole nitrogens is 1. The van der Waals surface area contributed by atoms with Gasteiger partial charge in [-0.15, -0.1) is 0 Å². The Labute approximate surface area is 114 Å². The van der Waals surface area contributed by atoms with Crippen molar-refractivity contribution in [3.63, 3.8) is 0 Å². The molecule has 2 N–H and O–H groups in total. The normalized spacial score (nSPS) is 10.7. The second-order valence-electron chi connectivity index (χ2n) is 4.39. The zero-order chi connectivity index (χ0) is 14.1. The maximum Gasteiger partial charge on any atom is 0.279 e.